The molecule has 0 atom stereocenters. The van der Waals surface area contributed by atoms with Crippen molar-refractivity contribution in [1.29, 1.82) is 0 Å². The van der Waals surface area contributed by atoms with Gasteiger partial charge in [-0.15, -0.1) is 0 Å². The van der Waals surface area contributed by atoms with Gasteiger partial charge >= 0.3 is 0 Å². The van der Waals surface area contributed by atoms with Gasteiger partial charge in [0.25, 0.3) is 0 Å². The van der Waals surface area contributed by atoms with Crippen molar-refractivity contribution in [2.45, 2.75) is 19.5 Å². The summed E-state index contributed by atoms with van der Waals surface area (Å²) in [6.45, 7) is 2.57. The van der Waals surface area contributed by atoms with Crippen LogP contribution in [0.3, 0.4) is 0 Å². The Hall–Kier alpha value is -2.90. The van der Waals surface area contributed by atoms with E-state index >= 15 is 0 Å². The Morgan fingerprint density at radius 3 is 2.50 bits per heavy atom. The number of hydrogen-bond acceptors (Lipinski definition) is 4. The minimum Gasteiger partial charge on any atom is -0.497 e. The molecule has 4 aromatic rings. The number of methoxy groups -OCH3 is 1. The molecule has 0 unspecified atom stereocenters. The minimum atomic E-state index is -0.275. The first-order valence-electron chi connectivity index (χ1n) is 10.5. The predicted octanol–water partition coefficient (Wildman–Crippen LogP) is 5.36. The number of rotatable bonds is 10. The van der Waals surface area contributed by atoms with Crippen LogP contribution in [0.25, 0.3) is 11.0 Å². The Morgan fingerprint density at radius 1 is 1.00 bits per heavy atom. The van der Waals surface area contributed by atoms with Crippen molar-refractivity contribution in [3.63, 3.8) is 0 Å². The van der Waals surface area contributed by atoms with Crippen molar-refractivity contribution >= 4 is 27.0 Å². The number of hydrogen-bond donors (Lipinski definition) is 1. The van der Waals surface area contributed by atoms with Gasteiger partial charge in [0.15, 0.2) is 0 Å². The van der Waals surface area contributed by atoms with E-state index in [4.69, 9.17) is 14.5 Å². The molecule has 1 heterocycles. The number of nitrogens with one attached hydrogen (secondary N) is 1. The third-order valence-corrected chi connectivity index (χ3v) is 5.75. The molecular formula is C25H25BrFN3O2. The SMILES string of the molecule is COc1ccc2c(c1)nc(CNCCc1ccc(Br)cc1)n2CCOc1ccc(F)cc1. The summed E-state index contributed by atoms with van der Waals surface area (Å²) in [5.74, 6) is 2.08. The van der Waals surface area contributed by atoms with Gasteiger partial charge in [-0.25, -0.2) is 9.37 Å². The normalized spacial score (nSPS) is 11.1. The lowest BCUT2D eigenvalue weighted by Gasteiger charge is -2.12. The largest absolute Gasteiger partial charge is 0.497 e. The molecule has 4 rings (SSSR count). The van der Waals surface area contributed by atoms with Gasteiger partial charge in [0.05, 0.1) is 31.2 Å². The average molecular weight is 498 g/mol. The highest BCUT2D eigenvalue weighted by atomic mass is 79.9. The number of fused-ring (bicyclic) bond motifs is 1. The zero-order valence-corrected chi connectivity index (χ0v) is 19.4. The maximum atomic E-state index is 13.1. The molecule has 0 amide bonds. The first-order valence-corrected chi connectivity index (χ1v) is 11.3. The van der Waals surface area contributed by atoms with Crippen molar-refractivity contribution in [1.82, 2.24) is 14.9 Å². The molecule has 166 valence electrons. The van der Waals surface area contributed by atoms with E-state index in [9.17, 15) is 4.39 Å². The maximum Gasteiger partial charge on any atom is 0.124 e. The van der Waals surface area contributed by atoms with Crippen LogP contribution in [-0.2, 0) is 19.5 Å². The fourth-order valence-electron chi connectivity index (χ4n) is 3.54. The predicted molar refractivity (Wildman–Crippen MR) is 128 cm³/mol. The van der Waals surface area contributed by atoms with Gasteiger partial charge in [0.1, 0.15) is 29.7 Å². The van der Waals surface area contributed by atoms with Crippen LogP contribution in [0.4, 0.5) is 4.39 Å². The van der Waals surface area contributed by atoms with Gasteiger partial charge in [-0.3, -0.25) is 0 Å². The second kappa shape index (κ2) is 10.6. The lowest BCUT2D eigenvalue weighted by atomic mass is 10.1. The number of halogens is 2. The van der Waals surface area contributed by atoms with Crippen molar-refractivity contribution in [3.05, 3.63) is 88.4 Å². The van der Waals surface area contributed by atoms with E-state index in [1.807, 2.05) is 18.2 Å². The molecule has 0 aliphatic carbocycles. The highest BCUT2D eigenvalue weighted by Crippen LogP contribution is 2.22. The van der Waals surface area contributed by atoms with E-state index in [-0.39, 0.29) is 5.82 Å². The van der Waals surface area contributed by atoms with Crippen LogP contribution in [-0.4, -0.2) is 29.8 Å². The van der Waals surface area contributed by atoms with Gasteiger partial charge in [-0.2, -0.15) is 0 Å². The number of ether oxygens (including phenoxy) is 2. The molecule has 3 aromatic carbocycles. The topological polar surface area (TPSA) is 48.3 Å². The smallest absolute Gasteiger partial charge is 0.124 e. The van der Waals surface area contributed by atoms with Crippen LogP contribution >= 0.6 is 15.9 Å². The molecule has 0 fully saturated rings. The summed E-state index contributed by atoms with van der Waals surface area (Å²) in [7, 11) is 1.65. The molecule has 1 N–H and O–H groups in total. The van der Waals surface area contributed by atoms with Gasteiger partial charge in [0, 0.05) is 10.5 Å². The molecule has 5 nitrogen and oxygen atoms in total. The lowest BCUT2D eigenvalue weighted by Crippen LogP contribution is -2.21. The van der Waals surface area contributed by atoms with E-state index in [2.05, 4.69) is 50.1 Å². The van der Waals surface area contributed by atoms with E-state index in [1.54, 1.807) is 19.2 Å². The zero-order chi connectivity index (χ0) is 22.3. The Kier molecular flexibility index (Phi) is 7.39. The number of imidazole rings is 1. The molecule has 0 aliphatic heterocycles. The molecule has 0 bridgehead atoms. The Morgan fingerprint density at radius 2 is 1.75 bits per heavy atom. The highest BCUT2D eigenvalue weighted by molar-refractivity contribution is 9.10. The average Bonchev–Trinajstić information content (AvgIpc) is 3.15. The summed E-state index contributed by atoms with van der Waals surface area (Å²) >= 11 is 3.47. The molecule has 0 saturated heterocycles. The van der Waals surface area contributed by atoms with Crippen molar-refractivity contribution in [3.8, 4) is 11.5 Å². The van der Waals surface area contributed by atoms with Crippen molar-refractivity contribution in [2.75, 3.05) is 20.3 Å². The van der Waals surface area contributed by atoms with E-state index in [0.29, 0.717) is 25.4 Å². The Bertz CT molecular complexity index is 1160. The Balaban J connectivity index is 1.43. The van der Waals surface area contributed by atoms with Crippen LogP contribution in [0.5, 0.6) is 11.5 Å². The standard InChI is InChI=1S/C25H25BrFN3O2/c1-31-22-10-11-24-23(16-22)29-25(17-28-13-12-18-2-4-19(26)5-3-18)30(24)14-15-32-21-8-6-20(27)7-9-21/h2-11,16,28H,12-15,17H2,1H3. The molecule has 0 spiro atoms. The first kappa shape index (κ1) is 22.3. The van der Waals surface area contributed by atoms with Crippen LogP contribution in [0.1, 0.15) is 11.4 Å². The third kappa shape index (κ3) is 5.66. The number of nitrogens with zero attached hydrogens (tertiary/aromatic N) is 2. The van der Waals surface area contributed by atoms with Crippen LogP contribution in [0.15, 0.2) is 71.2 Å². The molecule has 0 saturated carbocycles. The van der Waals surface area contributed by atoms with Gasteiger partial charge < -0.3 is 19.4 Å². The van der Waals surface area contributed by atoms with Gasteiger partial charge in [-0.05, 0) is 67.1 Å². The van der Waals surface area contributed by atoms with E-state index in [1.165, 1.54) is 17.7 Å². The van der Waals surface area contributed by atoms with Crippen LogP contribution < -0.4 is 14.8 Å². The van der Waals surface area contributed by atoms with Gasteiger partial charge in [0.2, 0.25) is 0 Å². The lowest BCUT2D eigenvalue weighted by molar-refractivity contribution is 0.297. The molecule has 32 heavy (non-hydrogen) atoms. The molecule has 1 aromatic heterocycles. The zero-order valence-electron chi connectivity index (χ0n) is 17.9. The summed E-state index contributed by atoms with van der Waals surface area (Å²) in [6.07, 6.45) is 0.939. The molecular weight excluding hydrogens is 473 g/mol. The fourth-order valence-corrected chi connectivity index (χ4v) is 3.80. The van der Waals surface area contributed by atoms with Crippen LogP contribution in [0.2, 0.25) is 0 Å². The summed E-state index contributed by atoms with van der Waals surface area (Å²) in [5.41, 5.74) is 3.20. The monoisotopic (exact) mass is 497 g/mol. The highest BCUT2D eigenvalue weighted by Gasteiger charge is 2.12. The van der Waals surface area contributed by atoms with E-state index < -0.39 is 0 Å². The third-order valence-electron chi connectivity index (χ3n) is 5.22. The number of benzene rings is 3. The summed E-state index contributed by atoms with van der Waals surface area (Å²) in [5, 5.41) is 3.50. The van der Waals surface area contributed by atoms with Crippen LogP contribution in [0, 0.1) is 5.82 Å². The quantitative estimate of drug-likeness (QED) is 0.299. The molecule has 7 heteroatoms. The van der Waals surface area contributed by atoms with Crippen molar-refractivity contribution in [2.24, 2.45) is 0 Å². The second-order valence-corrected chi connectivity index (χ2v) is 8.31. The second-order valence-electron chi connectivity index (χ2n) is 7.39. The molecule has 0 aliphatic rings. The first-order chi connectivity index (χ1) is 15.6. The molecule has 0 radical (unpaired) electrons. The summed E-state index contributed by atoms with van der Waals surface area (Å²) in [6, 6.07) is 20.3. The van der Waals surface area contributed by atoms with Crippen molar-refractivity contribution < 1.29 is 13.9 Å². The minimum absolute atomic E-state index is 0.275. The number of aromatic nitrogens is 2. The maximum absolute atomic E-state index is 13.1. The summed E-state index contributed by atoms with van der Waals surface area (Å²) < 4.78 is 27.5. The van der Waals surface area contributed by atoms with Gasteiger partial charge in [-0.1, -0.05) is 28.1 Å². The Labute approximate surface area is 195 Å². The van der Waals surface area contributed by atoms with E-state index in [0.717, 1.165) is 40.0 Å². The summed E-state index contributed by atoms with van der Waals surface area (Å²) in [4.78, 5) is 4.82. The fraction of sp³-hybridized carbons (Fsp3) is 0.240.